The van der Waals surface area contributed by atoms with Crippen molar-refractivity contribution < 1.29 is 23.8 Å². The summed E-state index contributed by atoms with van der Waals surface area (Å²) in [7, 11) is 2.89. The number of ketones is 1. The van der Waals surface area contributed by atoms with Gasteiger partial charge in [0, 0.05) is 4.47 Å². The molecule has 0 radical (unpaired) electrons. The van der Waals surface area contributed by atoms with Crippen molar-refractivity contribution in [1.82, 2.24) is 0 Å². The van der Waals surface area contributed by atoms with Gasteiger partial charge in [0.25, 0.3) is 5.78 Å². The quantitative estimate of drug-likeness (QED) is 0.451. The third-order valence-corrected chi connectivity index (χ3v) is 3.66. The van der Waals surface area contributed by atoms with E-state index in [4.69, 9.17) is 14.2 Å². The SMILES string of the molecule is CCOC(=O)C(=O)c1c(Br)c(CC)cc(OC)c1OC. The smallest absolute Gasteiger partial charge is 0.379 e. The summed E-state index contributed by atoms with van der Waals surface area (Å²) in [5, 5.41) is 0. The number of carbonyl (C=O) groups is 2. The van der Waals surface area contributed by atoms with E-state index in [1.54, 1.807) is 13.0 Å². The first kappa shape index (κ1) is 16.5. The van der Waals surface area contributed by atoms with E-state index >= 15 is 0 Å². The van der Waals surface area contributed by atoms with Gasteiger partial charge in [-0.2, -0.15) is 0 Å². The van der Waals surface area contributed by atoms with Gasteiger partial charge in [-0.15, -0.1) is 0 Å². The molecule has 0 saturated heterocycles. The number of hydrogen-bond donors (Lipinski definition) is 0. The van der Waals surface area contributed by atoms with Crippen LogP contribution < -0.4 is 9.47 Å². The van der Waals surface area contributed by atoms with E-state index in [-0.39, 0.29) is 17.9 Å². The monoisotopic (exact) mass is 344 g/mol. The first-order valence-corrected chi connectivity index (χ1v) is 6.95. The zero-order valence-corrected chi connectivity index (χ0v) is 13.5. The number of benzene rings is 1. The molecule has 0 fully saturated rings. The van der Waals surface area contributed by atoms with Crippen LogP contribution >= 0.6 is 15.9 Å². The largest absolute Gasteiger partial charge is 0.493 e. The molecule has 1 aromatic rings. The second kappa shape index (κ2) is 7.28. The van der Waals surface area contributed by atoms with Gasteiger partial charge in [-0.3, -0.25) is 4.79 Å². The Morgan fingerprint density at radius 3 is 2.30 bits per heavy atom. The average molecular weight is 345 g/mol. The van der Waals surface area contributed by atoms with E-state index in [1.165, 1.54) is 14.2 Å². The van der Waals surface area contributed by atoms with Crippen molar-refractivity contribution in [2.24, 2.45) is 0 Å². The van der Waals surface area contributed by atoms with Crippen molar-refractivity contribution in [1.29, 1.82) is 0 Å². The Morgan fingerprint density at radius 2 is 1.85 bits per heavy atom. The number of esters is 1. The molecule has 20 heavy (non-hydrogen) atoms. The number of hydrogen-bond acceptors (Lipinski definition) is 5. The van der Waals surface area contributed by atoms with E-state index in [9.17, 15) is 9.59 Å². The number of carbonyl (C=O) groups excluding carboxylic acids is 2. The molecule has 110 valence electrons. The maximum Gasteiger partial charge on any atom is 0.379 e. The Balaban J connectivity index is 3.49. The maximum absolute atomic E-state index is 12.2. The highest BCUT2D eigenvalue weighted by Gasteiger charge is 2.28. The molecule has 0 saturated carbocycles. The van der Waals surface area contributed by atoms with Gasteiger partial charge in [-0.1, -0.05) is 6.92 Å². The van der Waals surface area contributed by atoms with Crippen LogP contribution in [-0.2, 0) is 16.0 Å². The molecule has 0 aliphatic rings. The standard InChI is InChI=1S/C14H17BrO5/c1-5-8-7-9(18-3)13(19-4)10(11(8)15)12(16)14(17)20-6-2/h7H,5-6H2,1-4H3. The lowest BCUT2D eigenvalue weighted by molar-refractivity contribution is -0.137. The summed E-state index contributed by atoms with van der Waals surface area (Å²) in [5.74, 6) is -1.05. The number of rotatable bonds is 6. The fourth-order valence-electron chi connectivity index (χ4n) is 1.78. The van der Waals surface area contributed by atoms with E-state index < -0.39 is 11.8 Å². The lowest BCUT2D eigenvalue weighted by atomic mass is 10.0. The summed E-state index contributed by atoms with van der Waals surface area (Å²) in [6.07, 6.45) is 0.671. The third-order valence-electron chi connectivity index (χ3n) is 2.75. The summed E-state index contributed by atoms with van der Waals surface area (Å²) in [4.78, 5) is 23.9. The minimum Gasteiger partial charge on any atom is -0.493 e. The topological polar surface area (TPSA) is 61.8 Å². The molecule has 5 nitrogen and oxygen atoms in total. The van der Waals surface area contributed by atoms with Gasteiger partial charge in [-0.05, 0) is 40.9 Å². The van der Waals surface area contributed by atoms with E-state index in [2.05, 4.69) is 15.9 Å². The van der Waals surface area contributed by atoms with Crippen LogP contribution in [-0.4, -0.2) is 32.6 Å². The van der Waals surface area contributed by atoms with Crippen molar-refractivity contribution in [2.75, 3.05) is 20.8 Å². The molecule has 6 heteroatoms. The van der Waals surface area contributed by atoms with Crippen LogP contribution in [0.1, 0.15) is 29.8 Å². The van der Waals surface area contributed by atoms with E-state index in [1.807, 2.05) is 6.92 Å². The van der Waals surface area contributed by atoms with Crippen LogP contribution in [0.3, 0.4) is 0 Å². The third kappa shape index (κ3) is 3.12. The van der Waals surface area contributed by atoms with E-state index in [0.717, 1.165) is 5.56 Å². The Labute approximate surface area is 126 Å². The molecule has 0 atom stereocenters. The van der Waals surface area contributed by atoms with Crippen LogP contribution in [0.25, 0.3) is 0 Å². The van der Waals surface area contributed by atoms with Gasteiger partial charge in [-0.25, -0.2) is 4.79 Å². The fraction of sp³-hybridized carbons (Fsp3) is 0.429. The molecule has 0 aliphatic carbocycles. The number of aryl methyl sites for hydroxylation is 1. The number of ether oxygens (including phenoxy) is 3. The summed E-state index contributed by atoms with van der Waals surface area (Å²) in [6.45, 7) is 3.71. The molecular formula is C14H17BrO5. The molecule has 0 aliphatic heterocycles. The predicted molar refractivity (Wildman–Crippen MR) is 77.6 cm³/mol. The number of halogens is 1. The molecule has 0 unspecified atom stereocenters. The highest BCUT2D eigenvalue weighted by molar-refractivity contribution is 9.10. The molecule has 1 aromatic carbocycles. The molecule has 0 spiro atoms. The molecular weight excluding hydrogens is 328 g/mol. The molecule has 0 amide bonds. The minimum atomic E-state index is -0.915. The Bertz CT molecular complexity index is 525. The Hall–Kier alpha value is -1.56. The van der Waals surface area contributed by atoms with E-state index in [0.29, 0.717) is 16.6 Å². The van der Waals surface area contributed by atoms with Crippen molar-refractivity contribution in [3.63, 3.8) is 0 Å². The first-order chi connectivity index (χ1) is 9.51. The van der Waals surface area contributed by atoms with Gasteiger partial charge < -0.3 is 14.2 Å². The highest BCUT2D eigenvalue weighted by Crippen LogP contribution is 2.39. The number of methoxy groups -OCH3 is 2. The van der Waals surface area contributed by atoms with Crippen LogP contribution in [0.15, 0.2) is 10.5 Å². The Morgan fingerprint density at radius 1 is 1.20 bits per heavy atom. The lowest BCUT2D eigenvalue weighted by Gasteiger charge is -2.16. The number of Topliss-reactive ketones (excluding diaryl/α,β-unsaturated/α-hetero) is 1. The Kier molecular flexibility index (Phi) is 6.01. The van der Waals surface area contributed by atoms with Crippen LogP contribution in [0, 0.1) is 0 Å². The van der Waals surface area contributed by atoms with Crippen molar-refractivity contribution in [3.05, 3.63) is 21.7 Å². The van der Waals surface area contributed by atoms with Crippen molar-refractivity contribution in [3.8, 4) is 11.5 Å². The summed E-state index contributed by atoms with van der Waals surface area (Å²) in [6, 6.07) is 1.77. The molecule has 0 aromatic heterocycles. The van der Waals surface area contributed by atoms with Gasteiger partial charge >= 0.3 is 5.97 Å². The molecule has 0 bridgehead atoms. The van der Waals surface area contributed by atoms with Crippen molar-refractivity contribution >= 4 is 27.7 Å². The second-order valence-corrected chi connectivity index (χ2v) is 4.66. The van der Waals surface area contributed by atoms with Gasteiger partial charge in [0.2, 0.25) is 0 Å². The first-order valence-electron chi connectivity index (χ1n) is 6.16. The highest BCUT2D eigenvalue weighted by atomic mass is 79.9. The van der Waals surface area contributed by atoms with Crippen LogP contribution in [0.2, 0.25) is 0 Å². The van der Waals surface area contributed by atoms with Gasteiger partial charge in [0.15, 0.2) is 11.5 Å². The summed E-state index contributed by atoms with van der Waals surface area (Å²) >= 11 is 3.35. The van der Waals surface area contributed by atoms with Gasteiger partial charge in [0.05, 0.1) is 26.4 Å². The molecule has 0 N–H and O–H groups in total. The van der Waals surface area contributed by atoms with Crippen LogP contribution in [0.5, 0.6) is 11.5 Å². The fourth-order valence-corrected chi connectivity index (χ4v) is 2.54. The predicted octanol–water partition coefficient (Wildman–Crippen LogP) is 2.77. The summed E-state index contributed by atoms with van der Waals surface area (Å²) < 4.78 is 15.7. The maximum atomic E-state index is 12.2. The average Bonchev–Trinajstić information content (AvgIpc) is 2.46. The van der Waals surface area contributed by atoms with Crippen molar-refractivity contribution in [2.45, 2.75) is 20.3 Å². The zero-order chi connectivity index (χ0) is 15.3. The molecule has 0 heterocycles. The lowest BCUT2D eigenvalue weighted by Crippen LogP contribution is -2.19. The zero-order valence-electron chi connectivity index (χ0n) is 11.9. The minimum absolute atomic E-state index is 0.127. The normalized spacial score (nSPS) is 10.1. The second-order valence-electron chi connectivity index (χ2n) is 3.86. The van der Waals surface area contributed by atoms with Gasteiger partial charge in [0.1, 0.15) is 0 Å². The molecule has 1 rings (SSSR count). The van der Waals surface area contributed by atoms with Crippen LogP contribution in [0.4, 0.5) is 0 Å². The summed E-state index contributed by atoms with van der Waals surface area (Å²) in [5.41, 5.74) is 0.970.